The van der Waals surface area contributed by atoms with E-state index in [9.17, 15) is 19.5 Å². The molecule has 1 aromatic carbocycles. The van der Waals surface area contributed by atoms with Gasteiger partial charge in [-0.1, -0.05) is 12.8 Å². The summed E-state index contributed by atoms with van der Waals surface area (Å²) in [7, 11) is 1.40. The van der Waals surface area contributed by atoms with Crippen LogP contribution in [0.25, 0.3) is 11.0 Å². The lowest BCUT2D eigenvalue weighted by Crippen LogP contribution is -2.47. The van der Waals surface area contributed by atoms with Crippen LogP contribution in [0.15, 0.2) is 12.1 Å². The van der Waals surface area contributed by atoms with Crippen LogP contribution in [0.1, 0.15) is 88.6 Å². The van der Waals surface area contributed by atoms with Crippen LogP contribution in [0.3, 0.4) is 0 Å². The number of methoxy groups -OCH3 is 1. The molecule has 3 fully saturated rings. The van der Waals surface area contributed by atoms with Gasteiger partial charge in [0, 0.05) is 30.6 Å². The maximum Gasteiger partial charge on any atom is 0.414 e. The Morgan fingerprint density at radius 2 is 1.97 bits per heavy atom. The predicted octanol–water partition coefficient (Wildman–Crippen LogP) is 5.05. The number of aliphatic carboxylic acids is 1. The fraction of sp³-hybridized carbons (Fsp3) is 0.655. The Morgan fingerprint density at radius 3 is 2.66 bits per heavy atom. The van der Waals surface area contributed by atoms with Gasteiger partial charge < -0.3 is 19.3 Å². The second kappa shape index (κ2) is 9.58. The van der Waals surface area contributed by atoms with Crippen LogP contribution in [0, 0.1) is 11.3 Å². The number of anilines is 1. The normalized spacial score (nSPS) is 26.8. The second-order valence-electron chi connectivity index (χ2n) is 12.0. The zero-order valence-electron chi connectivity index (χ0n) is 22.4. The van der Waals surface area contributed by atoms with E-state index >= 15 is 0 Å². The van der Waals surface area contributed by atoms with Gasteiger partial charge in [-0.2, -0.15) is 0 Å². The van der Waals surface area contributed by atoms with Crippen LogP contribution in [-0.4, -0.2) is 57.2 Å². The van der Waals surface area contributed by atoms with Crippen LogP contribution in [0.4, 0.5) is 10.5 Å². The van der Waals surface area contributed by atoms with Gasteiger partial charge in [-0.15, -0.1) is 0 Å². The van der Waals surface area contributed by atoms with Crippen molar-refractivity contribution in [1.29, 1.82) is 0 Å². The molecule has 2 aromatic rings. The number of carbonyl (C=O) groups excluding carboxylic acids is 2. The molecule has 3 atom stereocenters. The number of ether oxygens (including phenoxy) is 1. The lowest BCUT2D eigenvalue weighted by Gasteiger charge is -2.47. The molecule has 2 saturated carbocycles. The molecule has 0 radical (unpaired) electrons. The van der Waals surface area contributed by atoms with Crippen LogP contribution < -0.4 is 4.90 Å². The first-order valence-electron chi connectivity index (χ1n) is 14.2. The van der Waals surface area contributed by atoms with Crippen LogP contribution in [0.2, 0.25) is 0 Å². The summed E-state index contributed by atoms with van der Waals surface area (Å²) < 4.78 is 7.32. The number of amides is 2. The van der Waals surface area contributed by atoms with E-state index in [0.717, 1.165) is 79.6 Å². The van der Waals surface area contributed by atoms with Gasteiger partial charge in [-0.25, -0.2) is 9.78 Å². The summed E-state index contributed by atoms with van der Waals surface area (Å²) in [4.78, 5) is 46.6. The SMILES string of the molecule is COC(=O)N1c2ccc3c(nc(CN4CCC5(CCC5)CC4=O)n3[C@@H]3CCC[C@@H](C(=O)O)C3)c2CC[C@@H]1C. The number of likely N-dealkylation sites (tertiary alicyclic amines) is 1. The predicted molar refractivity (Wildman–Crippen MR) is 142 cm³/mol. The molecule has 38 heavy (non-hydrogen) atoms. The number of hydrogen-bond acceptors (Lipinski definition) is 5. The zero-order chi connectivity index (χ0) is 26.6. The van der Waals surface area contributed by atoms with Crippen molar-refractivity contribution in [3.05, 3.63) is 23.5 Å². The Labute approximate surface area is 223 Å². The molecular weight excluding hydrogens is 484 g/mol. The number of imidazole rings is 1. The third kappa shape index (κ3) is 4.14. The van der Waals surface area contributed by atoms with Crippen molar-refractivity contribution < 1.29 is 24.2 Å². The fourth-order valence-electron chi connectivity index (χ4n) is 7.42. The highest BCUT2D eigenvalue weighted by molar-refractivity contribution is 5.95. The molecule has 0 unspecified atom stereocenters. The molecule has 1 spiro atoms. The monoisotopic (exact) mass is 522 g/mol. The Morgan fingerprint density at radius 1 is 1.16 bits per heavy atom. The summed E-state index contributed by atoms with van der Waals surface area (Å²) in [6.07, 6.45) is 9.44. The van der Waals surface area contributed by atoms with Crippen molar-refractivity contribution in [3.63, 3.8) is 0 Å². The molecule has 2 amide bonds. The summed E-state index contributed by atoms with van der Waals surface area (Å²) in [6, 6.07) is 4.04. The third-order valence-corrected chi connectivity index (χ3v) is 9.80. The summed E-state index contributed by atoms with van der Waals surface area (Å²) >= 11 is 0. The molecule has 6 rings (SSSR count). The Bertz CT molecular complexity index is 1280. The van der Waals surface area contributed by atoms with Crippen molar-refractivity contribution in [2.24, 2.45) is 11.3 Å². The lowest BCUT2D eigenvalue weighted by molar-refractivity contribution is -0.143. The first-order chi connectivity index (χ1) is 18.3. The van der Waals surface area contributed by atoms with Gasteiger partial charge in [-0.05, 0) is 75.8 Å². The highest BCUT2D eigenvalue weighted by atomic mass is 16.5. The number of nitrogens with zero attached hydrogens (tertiary/aromatic N) is 4. The molecule has 9 nitrogen and oxygen atoms in total. The molecule has 3 heterocycles. The first kappa shape index (κ1) is 25.2. The number of hydrogen-bond donors (Lipinski definition) is 1. The maximum atomic E-state index is 13.2. The Hall–Kier alpha value is -3.10. The average Bonchev–Trinajstić information content (AvgIpc) is 3.26. The van der Waals surface area contributed by atoms with Crippen LogP contribution in [0.5, 0.6) is 0 Å². The molecule has 9 heteroatoms. The van der Waals surface area contributed by atoms with Crippen LogP contribution >= 0.6 is 0 Å². The maximum absolute atomic E-state index is 13.2. The minimum absolute atomic E-state index is 0.0139. The fourth-order valence-corrected chi connectivity index (χ4v) is 7.42. The molecule has 0 bridgehead atoms. The lowest BCUT2D eigenvalue weighted by atomic mass is 9.63. The van der Waals surface area contributed by atoms with Crippen LogP contribution in [-0.2, 0) is 27.3 Å². The van der Waals surface area contributed by atoms with Crippen molar-refractivity contribution in [3.8, 4) is 0 Å². The highest BCUT2D eigenvalue weighted by Gasteiger charge is 2.43. The van der Waals surface area contributed by atoms with Gasteiger partial charge in [0.15, 0.2) is 0 Å². The average molecular weight is 523 g/mol. The molecule has 2 aliphatic heterocycles. The highest BCUT2D eigenvalue weighted by Crippen LogP contribution is 2.49. The van der Waals surface area contributed by atoms with Crippen molar-refractivity contribution >= 4 is 34.7 Å². The molecule has 204 valence electrons. The number of carbonyl (C=O) groups is 3. The first-order valence-corrected chi connectivity index (χ1v) is 14.2. The van der Waals surface area contributed by atoms with Gasteiger partial charge in [0.25, 0.3) is 0 Å². The van der Waals surface area contributed by atoms with Gasteiger partial charge in [0.2, 0.25) is 5.91 Å². The number of benzene rings is 1. The van der Waals surface area contributed by atoms with Gasteiger partial charge in [0.05, 0.1) is 36.3 Å². The van der Waals surface area contributed by atoms with Crippen molar-refractivity contribution in [2.75, 3.05) is 18.6 Å². The number of rotatable bonds is 4. The van der Waals surface area contributed by atoms with Crippen molar-refractivity contribution in [2.45, 2.75) is 96.2 Å². The quantitative estimate of drug-likeness (QED) is 0.602. The molecule has 1 saturated heterocycles. The molecule has 1 aromatic heterocycles. The summed E-state index contributed by atoms with van der Waals surface area (Å²) in [5.41, 5.74) is 3.89. The van der Waals surface area contributed by atoms with Gasteiger partial charge in [-0.3, -0.25) is 14.5 Å². The zero-order valence-corrected chi connectivity index (χ0v) is 22.4. The van der Waals surface area contributed by atoms with E-state index in [1.54, 1.807) is 4.90 Å². The Kier molecular flexibility index (Phi) is 6.35. The smallest absolute Gasteiger partial charge is 0.414 e. The molecular formula is C29H38N4O5. The van der Waals surface area contributed by atoms with Crippen molar-refractivity contribution in [1.82, 2.24) is 14.5 Å². The van der Waals surface area contributed by atoms with Gasteiger partial charge in [0.1, 0.15) is 5.82 Å². The Balaban J connectivity index is 1.41. The van der Waals surface area contributed by atoms with Gasteiger partial charge >= 0.3 is 12.1 Å². The molecule has 4 aliphatic rings. The third-order valence-electron chi connectivity index (χ3n) is 9.80. The minimum Gasteiger partial charge on any atom is -0.481 e. The van der Waals surface area contributed by atoms with E-state index in [4.69, 9.17) is 9.72 Å². The van der Waals surface area contributed by atoms with E-state index in [2.05, 4.69) is 4.57 Å². The number of aromatic nitrogens is 2. The summed E-state index contributed by atoms with van der Waals surface area (Å²) in [6.45, 7) is 3.21. The summed E-state index contributed by atoms with van der Waals surface area (Å²) in [5.74, 6) is -0.0832. The molecule has 1 N–H and O–H groups in total. The number of fused-ring (bicyclic) bond motifs is 3. The van der Waals surface area contributed by atoms with E-state index in [-0.39, 0.29) is 35.4 Å². The topological polar surface area (TPSA) is 105 Å². The largest absolute Gasteiger partial charge is 0.481 e. The number of carboxylic acids is 1. The van der Waals surface area contributed by atoms with E-state index < -0.39 is 5.97 Å². The second-order valence-corrected chi connectivity index (χ2v) is 12.0. The standard InChI is InChI=1S/C29H38N4O5/c1-18-7-8-21-22(32(18)28(37)38-2)9-10-23-26(21)30-24(33(23)20-6-3-5-19(15-20)27(35)36)17-31-14-13-29(11-4-12-29)16-25(31)34/h9-10,18-20H,3-8,11-17H2,1-2H3,(H,35,36)/t18-,19+,20+/m0/s1. The summed E-state index contributed by atoms with van der Waals surface area (Å²) in [5, 5.41) is 9.77. The van der Waals surface area contributed by atoms with E-state index in [1.807, 2.05) is 24.0 Å². The number of aryl methyl sites for hydroxylation is 1. The number of carboxylic acid groups (broad SMARTS) is 1. The minimum atomic E-state index is -0.738. The van der Waals surface area contributed by atoms with E-state index in [1.165, 1.54) is 13.5 Å². The molecule has 2 aliphatic carbocycles. The van der Waals surface area contributed by atoms with E-state index in [0.29, 0.717) is 25.8 Å². The number of piperidine rings is 1.